The van der Waals surface area contributed by atoms with Crippen LogP contribution in [0, 0.1) is 18.8 Å². The van der Waals surface area contributed by atoms with E-state index in [9.17, 15) is 4.79 Å². The highest BCUT2D eigenvalue weighted by Gasteiger charge is 2.42. The van der Waals surface area contributed by atoms with Crippen LogP contribution in [-0.4, -0.2) is 54.4 Å². The summed E-state index contributed by atoms with van der Waals surface area (Å²) >= 11 is 1.24. The minimum absolute atomic E-state index is 0.0665. The van der Waals surface area contributed by atoms with Crippen LogP contribution in [-0.2, 0) is 6.42 Å². The van der Waals surface area contributed by atoms with E-state index < -0.39 is 0 Å². The van der Waals surface area contributed by atoms with Gasteiger partial charge in [-0.25, -0.2) is 19.7 Å². The van der Waals surface area contributed by atoms with E-state index in [0.29, 0.717) is 23.0 Å². The number of aromatic nitrogens is 5. The van der Waals surface area contributed by atoms with Gasteiger partial charge in [0.2, 0.25) is 5.13 Å². The first-order valence-corrected chi connectivity index (χ1v) is 10.8. The average Bonchev–Trinajstić information content (AvgIpc) is 3.44. The standard InChI is InChI=1S/C19H24N8OS/c1-3-15-24-18(29-26-15)25-19(28)27-8-11-6-13(7-12(11)9-27)23-17-14-4-5-20-16(14)21-10(2)22-17/h4-5,11-13H,3,6-9H2,1-2H3,(H2,20,21,22,23)(H,24,25,26,28)/t11-,12+,13?. The number of rotatable bonds is 4. The minimum atomic E-state index is -0.0665. The number of carbonyl (C=O) groups is 1. The van der Waals surface area contributed by atoms with Gasteiger partial charge in [0.05, 0.1) is 5.39 Å². The van der Waals surface area contributed by atoms with Crippen molar-refractivity contribution >= 4 is 39.5 Å². The Labute approximate surface area is 172 Å². The third-order valence-electron chi connectivity index (χ3n) is 5.90. The SMILES string of the molecule is CCc1nsc(NC(=O)N2C[C@H]3CC(Nc4nc(C)nc5[nH]ccc45)C[C@H]3C2)n1. The second kappa shape index (κ2) is 7.25. The molecule has 2 amide bonds. The summed E-state index contributed by atoms with van der Waals surface area (Å²) in [6, 6.07) is 2.32. The van der Waals surface area contributed by atoms with E-state index >= 15 is 0 Å². The minimum Gasteiger partial charge on any atom is -0.367 e. The van der Waals surface area contributed by atoms with Crippen molar-refractivity contribution in [3.05, 3.63) is 23.9 Å². The molecule has 3 N–H and O–H groups in total. The molecular weight excluding hydrogens is 388 g/mol. The highest BCUT2D eigenvalue weighted by Crippen LogP contribution is 2.39. The molecule has 1 aliphatic carbocycles. The predicted octanol–water partition coefficient (Wildman–Crippen LogP) is 3.03. The van der Waals surface area contributed by atoms with Crippen LogP contribution in [0.25, 0.3) is 11.0 Å². The van der Waals surface area contributed by atoms with Gasteiger partial charge in [-0.15, -0.1) is 0 Å². The second-order valence-electron chi connectivity index (χ2n) is 7.90. The van der Waals surface area contributed by atoms with Gasteiger partial charge < -0.3 is 15.2 Å². The second-order valence-corrected chi connectivity index (χ2v) is 8.65. The van der Waals surface area contributed by atoms with Gasteiger partial charge in [0.25, 0.3) is 0 Å². The highest BCUT2D eigenvalue weighted by atomic mass is 32.1. The van der Waals surface area contributed by atoms with Crippen molar-refractivity contribution in [2.75, 3.05) is 23.7 Å². The van der Waals surface area contributed by atoms with Crippen LogP contribution in [0.2, 0.25) is 0 Å². The Bertz CT molecular complexity index is 1030. The lowest BCUT2D eigenvalue weighted by molar-refractivity contribution is 0.218. The monoisotopic (exact) mass is 412 g/mol. The Morgan fingerprint density at radius 1 is 1.28 bits per heavy atom. The molecule has 10 heteroatoms. The molecule has 4 heterocycles. The first kappa shape index (κ1) is 18.3. The van der Waals surface area contributed by atoms with Crippen LogP contribution in [0.5, 0.6) is 0 Å². The summed E-state index contributed by atoms with van der Waals surface area (Å²) in [5.74, 6) is 3.46. The number of fused-ring (bicyclic) bond motifs is 2. The van der Waals surface area contributed by atoms with Crippen molar-refractivity contribution in [2.45, 2.75) is 39.2 Å². The van der Waals surface area contributed by atoms with Crippen LogP contribution in [0.3, 0.4) is 0 Å². The number of aromatic amines is 1. The van der Waals surface area contributed by atoms with E-state index in [1.54, 1.807) is 0 Å². The molecule has 29 heavy (non-hydrogen) atoms. The predicted molar refractivity (Wildman–Crippen MR) is 112 cm³/mol. The third kappa shape index (κ3) is 3.52. The summed E-state index contributed by atoms with van der Waals surface area (Å²) in [5, 5.41) is 8.13. The summed E-state index contributed by atoms with van der Waals surface area (Å²) < 4.78 is 4.22. The molecule has 2 fully saturated rings. The fraction of sp³-hybridized carbons (Fsp3) is 0.526. The number of carbonyl (C=O) groups excluding carboxylic acids is 1. The van der Waals surface area contributed by atoms with Gasteiger partial charge in [0, 0.05) is 43.3 Å². The maximum absolute atomic E-state index is 12.6. The Morgan fingerprint density at radius 2 is 2.07 bits per heavy atom. The summed E-state index contributed by atoms with van der Waals surface area (Å²) in [6.45, 7) is 5.49. The number of hydrogen-bond donors (Lipinski definition) is 3. The van der Waals surface area contributed by atoms with E-state index in [1.165, 1.54) is 11.5 Å². The van der Waals surface area contributed by atoms with Crippen molar-refractivity contribution in [3.8, 4) is 0 Å². The fourth-order valence-corrected chi connectivity index (χ4v) is 5.20. The van der Waals surface area contributed by atoms with Crippen molar-refractivity contribution < 1.29 is 4.79 Å². The number of urea groups is 1. The van der Waals surface area contributed by atoms with Crippen LogP contribution >= 0.6 is 11.5 Å². The lowest BCUT2D eigenvalue weighted by Crippen LogP contribution is -2.34. The van der Waals surface area contributed by atoms with E-state index in [-0.39, 0.29) is 6.03 Å². The van der Waals surface area contributed by atoms with Crippen LogP contribution < -0.4 is 10.6 Å². The Kier molecular flexibility index (Phi) is 4.57. The zero-order chi connectivity index (χ0) is 20.0. The highest BCUT2D eigenvalue weighted by molar-refractivity contribution is 7.09. The maximum atomic E-state index is 12.6. The van der Waals surface area contributed by atoms with Gasteiger partial charge in [0.1, 0.15) is 23.1 Å². The van der Waals surface area contributed by atoms with Crippen LogP contribution in [0.15, 0.2) is 12.3 Å². The normalized spacial score (nSPS) is 23.5. The Hall–Kier alpha value is -2.75. The number of amides is 2. The van der Waals surface area contributed by atoms with E-state index in [0.717, 1.165) is 60.9 Å². The molecule has 2 aliphatic rings. The van der Waals surface area contributed by atoms with Crippen LogP contribution in [0.4, 0.5) is 15.7 Å². The lowest BCUT2D eigenvalue weighted by atomic mass is 10.0. The first-order chi connectivity index (χ1) is 14.1. The summed E-state index contributed by atoms with van der Waals surface area (Å²) in [4.78, 5) is 31.0. The first-order valence-electron chi connectivity index (χ1n) is 10.1. The number of likely N-dealkylation sites (tertiary alicyclic amines) is 1. The molecule has 1 aliphatic heterocycles. The average molecular weight is 413 g/mol. The van der Waals surface area contributed by atoms with Crippen molar-refractivity contribution in [3.63, 3.8) is 0 Å². The number of anilines is 2. The van der Waals surface area contributed by atoms with Crippen molar-refractivity contribution in [1.29, 1.82) is 0 Å². The molecule has 5 rings (SSSR count). The molecule has 3 aromatic heterocycles. The molecule has 152 valence electrons. The zero-order valence-corrected chi connectivity index (χ0v) is 17.3. The van der Waals surface area contributed by atoms with Crippen molar-refractivity contribution in [1.82, 2.24) is 29.2 Å². The largest absolute Gasteiger partial charge is 0.367 e. The van der Waals surface area contributed by atoms with Gasteiger partial charge >= 0.3 is 6.03 Å². The molecule has 0 radical (unpaired) electrons. The number of H-pyrrole nitrogens is 1. The molecular formula is C19H24N8OS. The summed E-state index contributed by atoms with van der Waals surface area (Å²) in [7, 11) is 0. The quantitative estimate of drug-likeness (QED) is 0.607. The zero-order valence-electron chi connectivity index (χ0n) is 16.5. The lowest BCUT2D eigenvalue weighted by Gasteiger charge is -2.20. The molecule has 0 spiro atoms. The molecule has 9 nitrogen and oxygen atoms in total. The number of nitrogens with zero attached hydrogens (tertiary/aromatic N) is 5. The molecule has 3 aromatic rings. The van der Waals surface area contributed by atoms with Crippen LogP contribution in [0.1, 0.15) is 31.4 Å². The number of hydrogen-bond acceptors (Lipinski definition) is 7. The van der Waals surface area contributed by atoms with Crippen molar-refractivity contribution in [2.24, 2.45) is 11.8 Å². The van der Waals surface area contributed by atoms with Gasteiger partial charge in [-0.3, -0.25) is 5.32 Å². The molecule has 0 aromatic carbocycles. The molecule has 0 bridgehead atoms. The molecule has 3 atom stereocenters. The Balaban J connectivity index is 1.19. The molecule has 1 saturated heterocycles. The summed E-state index contributed by atoms with van der Waals surface area (Å²) in [5.41, 5.74) is 0.865. The van der Waals surface area contributed by atoms with Gasteiger partial charge in [0.15, 0.2) is 0 Å². The van der Waals surface area contributed by atoms with Gasteiger partial charge in [-0.2, -0.15) is 4.37 Å². The van der Waals surface area contributed by atoms with E-state index in [1.807, 2.05) is 31.0 Å². The van der Waals surface area contributed by atoms with E-state index in [4.69, 9.17) is 0 Å². The van der Waals surface area contributed by atoms with Gasteiger partial charge in [-0.1, -0.05) is 6.92 Å². The maximum Gasteiger partial charge on any atom is 0.323 e. The Morgan fingerprint density at radius 3 is 2.79 bits per heavy atom. The number of aryl methyl sites for hydroxylation is 2. The fourth-order valence-electron chi connectivity index (χ4n) is 4.56. The smallest absolute Gasteiger partial charge is 0.323 e. The molecule has 1 unspecified atom stereocenters. The summed E-state index contributed by atoms with van der Waals surface area (Å²) in [6.07, 6.45) is 4.76. The van der Waals surface area contributed by atoms with Gasteiger partial charge in [-0.05, 0) is 37.7 Å². The van der Waals surface area contributed by atoms with E-state index in [2.05, 4.69) is 34.9 Å². The topological polar surface area (TPSA) is 112 Å². The third-order valence-corrected chi connectivity index (χ3v) is 6.57. The molecule has 1 saturated carbocycles. The number of nitrogens with one attached hydrogen (secondary N) is 3.